The monoisotopic (exact) mass is 821 g/mol. The fraction of sp³-hybridized carbons (Fsp3) is 0.333. The van der Waals surface area contributed by atoms with Crippen molar-refractivity contribution in [3.05, 3.63) is 171 Å². The smallest absolute Gasteiger partial charge is 0.0546 e. The average Bonchev–Trinajstić information content (AvgIpc) is 3.29. The Labute approximate surface area is 375 Å². The first kappa shape index (κ1) is 45.9. The van der Waals surface area contributed by atoms with E-state index in [1.165, 1.54) is 126 Å². The first-order valence-corrected chi connectivity index (χ1v) is 23.5. The zero-order chi connectivity index (χ0) is 44.8. The molecule has 0 saturated heterocycles. The minimum absolute atomic E-state index is 0.580. The summed E-state index contributed by atoms with van der Waals surface area (Å²) in [5.41, 5.74) is 21.2. The Hall–Kier alpha value is -5.60. The van der Waals surface area contributed by atoms with Crippen molar-refractivity contribution in [2.75, 3.05) is 9.80 Å². The Kier molecular flexibility index (Phi) is 14.9. The zero-order valence-electron chi connectivity index (χ0n) is 40.2. The molecule has 6 aromatic rings. The van der Waals surface area contributed by atoms with E-state index in [1.54, 1.807) is 0 Å². The number of nitrogens with zero attached hydrogens (tertiary/aromatic N) is 2. The van der Waals surface area contributed by atoms with Crippen LogP contribution in [0.3, 0.4) is 0 Å². The van der Waals surface area contributed by atoms with Gasteiger partial charge in [0.1, 0.15) is 0 Å². The quantitative estimate of drug-likeness (QED) is 0.134. The van der Waals surface area contributed by atoms with Gasteiger partial charge in [-0.15, -0.1) is 0 Å². The van der Waals surface area contributed by atoms with Crippen LogP contribution in [-0.2, 0) is 0 Å². The van der Waals surface area contributed by atoms with E-state index in [4.69, 9.17) is 0 Å². The molecule has 0 radical (unpaired) electrons. The summed E-state index contributed by atoms with van der Waals surface area (Å²) in [4.78, 5) is 4.99. The van der Waals surface area contributed by atoms with Gasteiger partial charge < -0.3 is 9.80 Å². The molecule has 2 nitrogen and oxygen atoms in total. The molecule has 0 unspecified atom stereocenters. The number of allylic oxidation sites excluding steroid dienone is 3. The highest BCUT2D eigenvalue weighted by Crippen LogP contribution is 2.49. The maximum Gasteiger partial charge on any atom is 0.0546 e. The van der Waals surface area contributed by atoms with Crippen LogP contribution >= 0.6 is 0 Å². The molecule has 0 amide bonds. The van der Waals surface area contributed by atoms with E-state index < -0.39 is 0 Å². The van der Waals surface area contributed by atoms with Crippen molar-refractivity contribution >= 4 is 62.1 Å². The van der Waals surface area contributed by atoms with E-state index in [0.717, 1.165) is 35.3 Å². The van der Waals surface area contributed by atoms with Crippen LogP contribution in [0.5, 0.6) is 0 Å². The van der Waals surface area contributed by atoms with Gasteiger partial charge in [0.2, 0.25) is 0 Å². The Morgan fingerprint density at radius 3 is 1.63 bits per heavy atom. The fourth-order valence-electron chi connectivity index (χ4n) is 9.53. The summed E-state index contributed by atoms with van der Waals surface area (Å²) in [6.45, 7) is 34.8. The third kappa shape index (κ3) is 8.98. The second-order valence-electron chi connectivity index (χ2n) is 17.3. The standard InChI is InChI=1S/C56H60N2.2C2H6/c1-11-49-50(12-2)55(57(45-20-16-17-35(3)27-45)46-24-21-36(4)38(6)28-46)34-53-51-26-23-44(43-18-14-13-15-19-43)32-54(51)56(33-52(49)53)58(47-25-22-37(5)39(7)29-47)48-30-40(8)42(10)41(9)31-48;2*1-2/h11-12,20-34,43H,1-2,13-19H2,3-10H3;2*1-2H3. The third-order valence-electron chi connectivity index (χ3n) is 13.5. The SMILES string of the molecule is C=Cc1c(N(C2=CCCC(C)=C2)c2ccc(C)c(C)c2)cc2c(cc(N(c3ccc(C)c(C)c3)c3cc(C)c(C)c(C)c3)c3cc(C4CCCCC4)ccc32)c1C=C.CC.CC. The zero-order valence-corrected chi connectivity index (χ0v) is 40.2. The minimum atomic E-state index is 0.580. The molecule has 0 N–H and O–H groups in total. The van der Waals surface area contributed by atoms with E-state index in [2.05, 4.69) is 175 Å². The lowest BCUT2D eigenvalue weighted by Gasteiger charge is -2.33. The summed E-state index contributed by atoms with van der Waals surface area (Å²) in [5.74, 6) is 0.580. The lowest BCUT2D eigenvalue weighted by atomic mass is 9.82. The summed E-state index contributed by atoms with van der Waals surface area (Å²) < 4.78 is 0. The van der Waals surface area contributed by atoms with Crippen molar-refractivity contribution < 1.29 is 0 Å². The van der Waals surface area contributed by atoms with Gasteiger partial charge in [0.15, 0.2) is 0 Å². The van der Waals surface area contributed by atoms with E-state index in [0.29, 0.717) is 5.92 Å². The largest absolute Gasteiger partial charge is 0.310 e. The number of anilines is 5. The normalized spacial score (nSPS) is 13.9. The van der Waals surface area contributed by atoms with E-state index in [1.807, 2.05) is 33.8 Å². The predicted octanol–water partition coefficient (Wildman–Crippen LogP) is 18.8. The molecule has 62 heavy (non-hydrogen) atoms. The van der Waals surface area contributed by atoms with Crippen LogP contribution in [0.25, 0.3) is 33.7 Å². The van der Waals surface area contributed by atoms with Gasteiger partial charge in [-0.2, -0.15) is 0 Å². The third-order valence-corrected chi connectivity index (χ3v) is 13.5. The minimum Gasteiger partial charge on any atom is -0.310 e. The summed E-state index contributed by atoms with van der Waals surface area (Å²) >= 11 is 0. The molecule has 322 valence electrons. The van der Waals surface area contributed by atoms with E-state index in [-0.39, 0.29) is 0 Å². The molecule has 0 bridgehead atoms. The van der Waals surface area contributed by atoms with Gasteiger partial charge in [0, 0.05) is 33.7 Å². The number of fused-ring (bicyclic) bond motifs is 3. The lowest BCUT2D eigenvalue weighted by Crippen LogP contribution is -2.19. The number of aryl methyl sites for hydroxylation is 6. The molecular weight excluding hydrogens is 749 g/mol. The van der Waals surface area contributed by atoms with Crippen molar-refractivity contribution in [2.45, 2.75) is 134 Å². The van der Waals surface area contributed by atoms with Crippen molar-refractivity contribution in [1.29, 1.82) is 0 Å². The molecule has 8 rings (SSSR count). The number of benzene rings is 6. The summed E-state index contributed by atoms with van der Waals surface area (Å²) in [5, 5.41) is 4.94. The molecule has 2 aliphatic carbocycles. The first-order chi connectivity index (χ1) is 30.0. The predicted molar refractivity (Wildman–Crippen MR) is 278 cm³/mol. The molecule has 0 atom stereocenters. The van der Waals surface area contributed by atoms with Gasteiger partial charge in [-0.1, -0.05) is 108 Å². The highest BCUT2D eigenvalue weighted by atomic mass is 15.2. The van der Waals surface area contributed by atoms with Crippen LogP contribution < -0.4 is 9.80 Å². The lowest BCUT2D eigenvalue weighted by molar-refractivity contribution is 0.444. The fourth-order valence-corrected chi connectivity index (χ4v) is 9.53. The van der Waals surface area contributed by atoms with Gasteiger partial charge in [-0.05, 0) is 214 Å². The van der Waals surface area contributed by atoms with Crippen molar-refractivity contribution in [1.82, 2.24) is 0 Å². The maximum absolute atomic E-state index is 4.51. The van der Waals surface area contributed by atoms with Gasteiger partial charge in [-0.25, -0.2) is 0 Å². The number of rotatable bonds is 9. The van der Waals surface area contributed by atoms with Crippen molar-refractivity contribution in [3.8, 4) is 0 Å². The molecule has 1 saturated carbocycles. The van der Waals surface area contributed by atoms with Crippen molar-refractivity contribution in [2.24, 2.45) is 0 Å². The van der Waals surface area contributed by atoms with E-state index in [9.17, 15) is 0 Å². The second kappa shape index (κ2) is 20.1. The topological polar surface area (TPSA) is 6.48 Å². The van der Waals surface area contributed by atoms with Gasteiger partial charge in [0.05, 0.1) is 11.4 Å². The second-order valence-corrected chi connectivity index (χ2v) is 17.3. The Morgan fingerprint density at radius 2 is 1.06 bits per heavy atom. The highest BCUT2D eigenvalue weighted by molar-refractivity contribution is 6.18. The molecule has 1 fully saturated rings. The average molecular weight is 821 g/mol. The van der Waals surface area contributed by atoms with Crippen molar-refractivity contribution in [3.63, 3.8) is 0 Å². The summed E-state index contributed by atoms with van der Waals surface area (Å²) in [6, 6.07) is 30.9. The maximum atomic E-state index is 4.51. The molecule has 0 spiro atoms. The van der Waals surface area contributed by atoms with Crippen LogP contribution in [0.15, 0.2) is 115 Å². The van der Waals surface area contributed by atoms with E-state index >= 15 is 0 Å². The van der Waals surface area contributed by atoms with Crippen LogP contribution in [-0.4, -0.2) is 0 Å². The van der Waals surface area contributed by atoms with Gasteiger partial charge in [-0.3, -0.25) is 0 Å². The molecule has 2 aliphatic rings. The summed E-state index contributed by atoms with van der Waals surface area (Å²) in [7, 11) is 0. The Morgan fingerprint density at radius 1 is 0.500 bits per heavy atom. The molecule has 2 heteroatoms. The Balaban J connectivity index is 0.00000156. The molecule has 0 heterocycles. The number of hydrogen-bond donors (Lipinski definition) is 0. The molecule has 0 aliphatic heterocycles. The van der Waals surface area contributed by atoms with Gasteiger partial charge >= 0.3 is 0 Å². The molecular formula is C60H72N2. The molecule has 0 aromatic heterocycles. The van der Waals surface area contributed by atoms with Crippen LogP contribution in [0.4, 0.5) is 28.4 Å². The molecule has 6 aromatic carbocycles. The highest BCUT2D eigenvalue weighted by Gasteiger charge is 2.26. The van der Waals surface area contributed by atoms with Crippen LogP contribution in [0.1, 0.15) is 141 Å². The first-order valence-electron chi connectivity index (χ1n) is 23.5. The van der Waals surface area contributed by atoms with Gasteiger partial charge in [0.25, 0.3) is 0 Å². The van der Waals surface area contributed by atoms with Crippen LogP contribution in [0, 0.1) is 48.5 Å². The number of hydrogen-bond acceptors (Lipinski definition) is 2. The summed E-state index contributed by atoms with van der Waals surface area (Å²) in [6.07, 6.45) is 17.4. The Bertz CT molecular complexity index is 2650. The van der Waals surface area contributed by atoms with Crippen LogP contribution in [0.2, 0.25) is 0 Å².